The number of hydrogen-bond acceptors (Lipinski definition) is 3. The van der Waals surface area contributed by atoms with Crippen molar-refractivity contribution in [2.45, 2.75) is 25.7 Å². The zero-order valence-electron chi connectivity index (χ0n) is 15.7. The molecule has 3 rings (SSSR count). The van der Waals surface area contributed by atoms with Crippen LogP contribution >= 0.6 is 35.4 Å². The molecular formula is C21H21Cl2N3O2S. The van der Waals surface area contributed by atoms with Gasteiger partial charge in [0.1, 0.15) is 0 Å². The van der Waals surface area contributed by atoms with Gasteiger partial charge in [-0.3, -0.25) is 14.9 Å². The number of halogens is 2. The number of carbonyl (C=O) groups is 2. The van der Waals surface area contributed by atoms with Crippen LogP contribution in [0, 0.1) is 0 Å². The van der Waals surface area contributed by atoms with Crippen LogP contribution in [0.4, 0.5) is 5.69 Å². The summed E-state index contributed by atoms with van der Waals surface area (Å²) in [7, 11) is 0. The highest BCUT2D eigenvalue weighted by atomic mass is 35.5. The third-order valence-corrected chi connectivity index (χ3v) is 5.29. The van der Waals surface area contributed by atoms with E-state index in [9.17, 15) is 9.59 Å². The summed E-state index contributed by atoms with van der Waals surface area (Å²) in [6.07, 6.45) is 4.32. The Labute approximate surface area is 185 Å². The van der Waals surface area contributed by atoms with Crippen molar-refractivity contribution in [2.24, 2.45) is 0 Å². The number of carbonyl (C=O) groups excluding carboxylic acids is 2. The van der Waals surface area contributed by atoms with Gasteiger partial charge >= 0.3 is 0 Å². The maximum absolute atomic E-state index is 13.0. The lowest BCUT2D eigenvalue weighted by Gasteiger charge is -2.22. The highest BCUT2D eigenvalue weighted by Gasteiger charge is 2.20. The maximum atomic E-state index is 13.0. The lowest BCUT2D eigenvalue weighted by Crippen LogP contribution is -2.36. The van der Waals surface area contributed by atoms with Gasteiger partial charge in [-0.2, -0.15) is 0 Å². The van der Waals surface area contributed by atoms with Crippen LogP contribution in [0.25, 0.3) is 0 Å². The molecule has 0 spiro atoms. The summed E-state index contributed by atoms with van der Waals surface area (Å²) >= 11 is 17.2. The molecule has 0 aliphatic carbocycles. The van der Waals surface area contributed by atoms with Gasteiger partial charge in [-0.1, -0.05) is 48.2 Å². The highest BCUT2D eigenvalue weighted by Crippen LogP contribution is 2.21. The van der Waals surface area contributed by atoms with Crippen molar-refractivity contribution in [3.63, 3.8) is 0 Å². The summed E-state index contributed by atoms with van der Waals surface area (Å²) in [5.41, 5.74) is 1.37. The van der Waals surface area contributed by atoms with Gasteiger partial charge in [-0.05, 0) is 55.4 Å². The van der Waals surface area contributed by atoms with E-state index in [4.69, 9.17) is 35.4 Å². The molecule has 1 saturated heterocycles. The third-order valence-electron chi connectivity index (χ3n) is 4.65. The minimum Gasteiger partial charge on any atom is -0.339 e. The molecule has 1 fully saturated rings. The lowest BCUT2D eigenvalue weighted by atomic mass is 10.1. The molecule has 0 aromatic heterocycles. The first-order chi connectivity index (χ1) is 13.9. The Hall–Kier alpha value is -2.15. The monoisotopic (exact) mass is 449 g/mol. The molecular weight excluding hydrogens is 429 g/mol. The largest absolute Gasteiger partial charge is 0.339 e. The van der Waals surface area contributed by atoms with E-state index in [0.29, 0.717) is 26.9 Å². The number of nitrogens with zero attached hydrogens (tertiary/aromatic N) is 1. The Kier molecular flexibility index (Phi) is 7.47. The van der Waals surface area contributed by atoms with Crippen molar-refractivity contribution in [1.29, 1.82) is 0 Å². The number of likely N-dealkylation sites (tertiary alicyclic amines) is 1. The SMILES string of the molecule is O=C(NC(=S)Nc1ccccc1C(=O)N1CCCCCC1)c1cc(Cl)cc(Cl)c1. The fourth-order valence-electron chi connectivity index (χ4n) is 3.24. The van der Waals surface area contributed by atoms with Crippen LogP contribution < -0.4 is 10.6 Å². The van der Waals surface area contributed by atoms with Gasteiger partial charge in [-0.15, -0.1) is 0 Å². The molecule has 2 aromatic carbocycles. The second-order valence-corrected chi connectivity index (χ2v) is 8.10. The van der Waals surface area contributed by atoms with E-state index in [2.05, 4.69) is 10.6 Å². The number of hydrogen-bond donors (Lipinski definition) is 2. The van der Waals surface area contributed by atoms with E-state index in [1.807, 2.05) is 17.0 Å². The number of rotatable bonds is 3. The van der Waals surface area contributed by atoms with Crippen molar-refractivity contribution >= 4 is 58.0 Å². The number of anilines is 1. The van der Waals surface area contributed by atoms with E-state index in [-0.39, 0.29) is 11.0 Å². The first-order valence-electron chi connectivity index (χ1n) is 9.41. The molecule has 0 unspecified atom stereocenters. The first kappa shape index (κ1) is 21.6. The van der Waals surface area contributed by atoms with Gasteiger partial charge in [0.25, 0.3) is 11.8 Å². The summed E-state index contributed by atoms with van der Waals surface area (Å²) in [5.74, 6) is -0.478. The molecule has 2 amide bonds. The van der Waals surface area contributed by atoms with E-state index >= 15 is 0 Å². The summed E-state index contributed by atoms with van der Waals surface area (Å²) in [5, 5.41) is 6.35. The van der Waals surface area contributed by atoms with Crippen LogP contribution in [-0.4, -0.2) is 34.9 Å². The molecule has 1 heterocycles. The summed E-state index contributed by atoms with van der Waals surface area (Å²) in [4.78, 5) is 27.3. The second-order valence-electron chi connectivity index (χ2n) is 6.82. The van der Waals surface area contributed by atoms with Crippen molar-refractivity contribution < 1.29 is 9.59 Å². The maximum Gasteiger partial charge on any atom is 0.257 e. The van der Waals surface area contributed by atoms with Crippen LogP contribution in [0.2, 0.25) is 10.0 Å². The van der Waals surface area contributed by atoms with Crippen LogP contribution in [0.5, 0.6) is 0 Å². The molecule has 0 bridgehead atoms. The fraction of sp³-hybridized carbons (Fsp3) is 0.286. The molecule has 1 aliphatic rings. The Balaban J connectivity index is 1.70. The lowest BCUT2D eigenvalue weighted by molar-refractivity contribution is 0.0762. The van der Waals surface area contributed by atoms with E-state index in [1.54, 1.807) is 18.2 Å². The normalized spacial score (nSPS) is 14.1. The Morgan fingerprint density at radius 3 is 2.21 bits per heavy atom. The number of para-hydroxylation sites is 1. The summed E-state index contributed by atoms with van der Waals surface area (Å²) in [6, 6.07) is 11.7. The molecule has 0 radical (unpaired) electrons. The molecule has 2 N–H and O–H groups in total. The Bertz CT molecular complexity index is 908. The zero-order chi connectivity index (χ0) is 20.8. The van der Waals surface area contributed by atoms with Crippen molar-refractivity contribution in [3.05, 3.63) is 63.6 Å². The second kappa shape index (κ2) is 10.1. The molecule has 8 heteroatoms. The van der Waals surface area contributed by atoms with E-state index in [0.717, 1.165) is 38.8 Å². The standard InChI is InChI=1S/C21H21Cl2N3O2S/c22-15-11-14(12-16(23)13-15)19(27)25-21(29)24-18-8-4-3-7-17(18)20(28)26-9-5-1-2-6-10-26/h3-4,7-8,11-13H,1-2,5-6,9-10H2,(H2,24,25,27,29). The number of amides is 2. The molecule has 2 aromatic rings. The Morgan fingerprint density at radius 1 is 0.931 bits per heavy atom. The van der Waals surface area contributed by atoms with E-state index < -0.39 is 5.91 Å². The smallest absolute Gasteiger partial charge is 0.257 e. The minimum absolute atomic E-state index is 0.0363. The number of nitrogens with one attached hydrogen (secondary N) is 2. The van der Waals surface area contributed by atoms with E-state index in [1.165, 1.54) is 12.1 Å². The van der Waals surface area contributed by atoms with Gasteiger partial charge in [0, 0.05) is 28.7 Å². The predicted octanol–water partition coefficient (Wildman–Crippen LogP) is 5.14. The number of benzene rings is 2. The minimum atomic E-state index is -0.441. The van der Waals surface area contributed by atoms with Crippen LogP contribution in [0.1, 0.15) is 46.4 Å². The average molecular weight is 450 g/mol. The number of thiocarbonyl (C=S) groups is 1. The topological polar surface area (TPSA) is 61.4 Å². The van der Waals surface area contributed by atoms with Crippen LogP contribution in [0.3, 0.4) is 0 Å². The van der Waals surface area contributed by atoms with Gasteiger partial charge in [0.05, 0.1) is 11.3 Å². The predicted molar refractivity (Wildman–Crippen MR) is 121 cm³/mol. The average Bonchev–Trinajstić information content (AvgIpc) is 2.96. The van der Waals surface area contributed by atoms with Crippen molar-refractivity contribution in [2.75, 3.05) is 18.4 Å². The summed E-state index contributed by atoms with van der Waals surface area (Å²) < 4.78 is 0. The summed E-state index contributed by atoms with van der Waals surface area (Å²) in [6.45, 7) is 1.51. The highest BCUT2D eigenvalue weighted by molar-refractivity contribution is 7.80. The Morgan fingerprint density at radius 2 is 1.55 bits per heavy atom. The quantitative estimate of drug-likeness (QED) is 0.636. The van der Waals surface area contributed by atoms with Gasteiger partial charge in [0.2, 0.25) is 0 Å². The van der Waals surface area contributed by atoms with Crippen molar-refractivity contribution in [1.82, 2.24) is 10.2 Å². The molecule has 152 valence electrons. The molecule has 29 heavy (non-hydrogen) atoms. The van der Waals surface area contributed by atoms with Gasteiger partial charge in [0.15, 0.2) is 5.11 Å². The third kappa shape index (κ3) is 5.92. The van der Waals surface area contributed by atoms with Crippen LogP contribution in [0.15, 0.2) is 42.5 Å². The van der Waals surface area contributed by atoms with Gasteiger partial charge < -0.3 is 10.2 Å². The molecule has 5 nitrogen and oxygen atoms in total. The van der Waals surface area contributed by atoms with Crippen molar-refractivity contribution in [3.8, 4) is 0 Å². The zero-order valence-corrected chi connectivity index (χ0v) is 18.0. The fourth-order valence-corrected chi connectivity index (χ4v) is 3.97. The first-order valence-corrected chi connectivity index (χ1v) is 10.6. The van der Waals surface area contributed by atoms with Gasteiger partial charge in [-0.25, -0.2) is 0 Å². The molecule has 1 aliphatic heterocycles. The molecule has 0 atom stereocenters. The van der Waals surface area contributed by atoms with Crippen LogP contribution in [-0.2, 0) is 0 Å². The molecule has 0 saturated carbocycles.